The van der Waals surface area contributed by atoms with Crippen molar-refractivity contribution in [3.63, 3.8) is 0 Å². The Morgan fingerprint density at radius 3 is 2.41 bits per heavy atom. The van der Waals surface area contributed by atoms with Gasteiger partial charge in [0.2, 0.25) is 6.10 Å². The summed E-state index contributed by atoms with van der Waals surface area (Å²) in [7, 11) is 0. The molecular weight excluding hydrogens is 319 g/mol. The molecule has 1 aromatic carbocycles. The highest BCUT2D eigenvalue weighted by molar-refractivity contribution is 6.30. The molecule has 1 fully saturated rings. The van der Waals surface area contributed by atoms with Gasteiger partial charge in [0, 0.05) is 10.6 Å². The normalized spacial score (nSPS) is 20.5. The quantitative estimate of drug-likeness (QED) is 0.729. The summed E-state index contributed by atoms with van der Waals surface area (Å²) in [4.78, 5) is 10.9. The number of fused-ring (bicyclic) bond motifs is 1. The van der Waals surface area contributed by atoms with Crippen LogP contribution in [0.4, 0.5) is 23.7 Å². The smallest absolute Gasteiger partial charge is 0.430 e. The van der Waals surface area contributed by atoms with Gasteiger partial charge in [0.1, 0.15) is 0 Å². The van der Waals surface area contributed by atoms with E-state index in [-0.39, 0.29) is 16.3 Å². The summed E-state index contributed by atoms with van der Waals surface area (Å²) in [5, 5.41) is 2.32. The van der Waals surface area contributed by atoms with Crippen molar-refractivity contribution in [3.05, 3.63) is 28.8 Å². The van der Waals surface area contributed by atoms with Crippen LogP contribution in [-0.4, -0.2) is 12.3 Å². The number of alkyl halides is 3. The second-order valence-corrected chi connectivity index (χ2v) is 6.20. The van der Waals surface area contributed by atoms with E-state index in [1.807, 2.05) is 0 Å². The van der Waals surface area contributed by atoms with Crippen molar-refractivity contribution in [2.24, 2.45) is 11.8 Å². The lowest BCUT2D eigenvalue weighted by atomic mass is 10.1. The first-order valence-corrected chi connectivity index (χ1v) is 7.40. The van der Waals surface area contributed by atoms with Crippen LogP contribution in [0.15, 0.2) is 18.2 Å². The standard InChI is InChI=1S/C9H5ClF3NO2.C6H12/c10-4-1-2-6-5(3-4)7(9(11,12)13)16-8(15)14-6;1-5(2)6-3-4-6/h1-3,7H,(H,14,15);5-6H,3-4H2,1-2H3. The van der Waals surface area contributed by atoms with Crippen LogP contribution in [0, 0.1) is 11.8 Å². The lowest BCUT2D eigenvalue weighted by Crippen LogP contribution is -2.33. The third kappa shape index (κ3) is 4.29. The summed E-state index contributed by atoms with van der Waals surface area (Å²) in [5.74, 6) is 2.06. The maximum absolute atomic E-state index is 12.6. The van der Waals surface area contributed by atoms with Crippen molar-refractivity contribution in [1.82, 2.24) is 0 Å². The van der Waals surface area contributed by atoms with Crippen LogP contribution in [0.25, 0.3) is 0 Å². The van der Waals surface area contributed by atoms with Crippen LogP contribution in [0.5, 0.6) is 0 Å². The number of amides is 1. The zero-order chi connectivity index (χ0) is 16.5. The monoisotopic (exact) mass is 335 g/mol. The minimum absolute atomic E-state index is 0.0583. The molecule has 0 bridgehead atoms. The van der Waals surface area contributed by atoms with Gasteiger partial charge in [0.25, 0.3) is 0 Å². The van der Waals surface area contributed by atoms with Crippen LogP contribution >= 0.6 is 11.6 Å². The highest BCUT2D eigenvalue weighted by Crippen LogP contribution is 2.42. The highest BCUT2D eigenvalue weighted by atomic mass is 35.5. The molecule has 1 aromatic rings. The van der Waals surface area contributed by atoms with E-state index >= 15 is 0 Å². The second kappa shape index (κ2) is 6.36. The fourth-order valence-corrected chi connectivity index (χ4v) is 2.36. The first-order chi connectivity index (χ1) is 10.2. The van der Waals surface area contributed by atoms with Gasteiger partial charge in [-0.05, 0) is 42.9 Å². The number of anilines is 1. The largest absolute Gasteiger partial charge is 0.431 e. The average Bonchev–Trinajstić information content (AvgIpc) is 3.22. The molecule has 122 valence electrons. The minimum atomic E-state index is -4.66. The minimum Gasteiger partial charge on any atom is -0.431 e. The molecule has 3 nitrogen and oxygen atoms in total. The SMILES string of the molecule is CC(C)C1CC1.O=C1Nc2ccc(Cl)cc2C(C(F)(F)F)O1. The van der Waals surface area contributed by atoms with Crippen LogP contribution < -0.4 is 5.32 Å². The summed E-state index contributed by atoms with van der Waals surface area (Å²) in [6.45, 7) is 4.61. The fourth-order valence-electron chi connectivity index (χ4n) is 2.18. The molecule has 7 heteroatoms. The highest BCUT2D eigenvalue weighted by Gasteiger charge is 2.47. The molecule has 1 unspecified atom stereocenters. The van der Waals surface area contributed by atoms with Crippen molar-refractivity contribution in [1.29, 1.82) is 0 Å². The summed E-state index contributed by atoms with van der Waals surface area (Å²) >= 11 is 5.59. The number of cyclic esters (lactones) is 1. The van der Waals surface area contributed by atoms with E-state index in [0.29, 0.717) is 0 Å². The Labute approximate surface area is 131 Å². The molecule has 1 N–H and O–H groups in total. The number of hydrogen-bond donors (Lipinski definition) is 1. The van der Waals surface area contributed by atoms with E-state index < -0.39 is 18.4 Å². The molecular formula is C15H17ClF3NO2. The number of ether oxygens (including phenoxy) is 1. The Bertz CT molecular complexity index is 556. The number of halogens is 4. The van der Waals surface area contributed by atoms with E-state index in [1.165, 1.54) is 25.0 Å². The summed E-state index contributed by atoms with van der Waals surface area (Å²) in [6, 6.07) is 3.81. The predicted octanol–water partition coefficient (Wildman–Crippen LogP) is 5.56. The molecule has 0 spiro atoms. The lowest BCUT2D eigenvalue weighted by Gasteiger charge is -2.27. The average molecular weight is 336 g/mol. The van der Waals surface area contributed by atoms with Gasteiger partial charge < -0.3 is 4.74 Å². The molecule has 1 atom stereocenters. The van der Waals surface area contributed by atoms with E-state index in [4.69, 9.17) is 11.6 Å². The van der Waals surface area contributed by atoms with Gasteiger partial charge >= 0.3 is 12.3 Å². The van der Waals surface area contributed by atoms with Gasteiger partial charge in [-0.25, -0.2) is 4.79 Å². The Hall–Kier alpha value is -1.43. The second-order valence-electron chi connectivity index (χ2n) is 5.76. The Morgan fingerprint density at radius 2 is 1.95 bits per heavy atom. The third-order valence-electron chi connectivity index (χ3n) is 3.62. The van der Waals surface area contributed by atoms with E-state index in [1.54, 1.807) is 0 Å². The Balaban J connectivity index is 0.000000246. The summed E-state index contributed by atoms with van der Waals surface area (Å²) < 4.78 is 41.9. The number of hydrogen-bond acceptors (Lipinski definition) is 2. The van der Waals surface area contributed by atoms with E-state index in [0.717, 1.165) is 17.9 Å². The Morgan fingerprint density at radius 1 is 1.32 bits per heavy atom. The fraction of sp³-hybridized carbons (Fsp3) is 0.533. The first kappa shape index (κ1) is 16.9. The number of nitrogens with one attached hydrogen (secondary N) is 1. The number of benzene rings is 1. The van der Waals surface area contributed by atoms with E-state index in [9.17, 15) is 18.0 Å². The maximum atomic E-state index is 12.6. The van der Waals surface area contributed by atoms with Gasteiger partial charge in [0.15, 0.2) is 0 Å². The molecule has 22 heavy (non-hydrogen) atoms. The predicted molar refractivity (Wildman–Crippen MR) is 77.9 cm³/mol. The van der Waals surface area contributed by atoms with Gasteiger partial charge in [0.05, 0.1) is 5.69 Å². The third-order valence-corrected chi connectivity index (χ3v) is 3.85. The molecule has 1 aliphatic carbocycles. The molecule has 1 heterocycles. The van der Waals surface area contributed by atoms with Crippen molar-refractivity contribution in [2.45, 2.75) is 39.0 Å². The van der Waals surface area contributed by atoms with Crippen LogP contribution in [0.1, 0.15) is 38.4 Å². The topological polar surface area (TPSA) is 38.3 Å². The van der Waals surface area contributed by atoms with Crippen LogP contribution in [-0.2, 0) is 4.74 Å². The molecule has 0 saturated heterocycles. The molecule has 1 amide bonds. The van der Waals surface area contributed by atoms with Gasteiger partial charge in [-0.15, -0.1) is 0 Å². The molecule has 1 saturated carbocycles. The van der Waals surface area contributed by atoms with Crippen molar-refractivity contribution >= 4 is 23.4 Å². The molecule has 0 aromatic heterocycles. The summed E-state index contributed by atoms with van der Waals surface area (Å²) in [5.41, 5.74) is -0.137. The van der Waals surface area contributed by atoms with Gasteiger partial charge in [-0.1, -0.05) is 25.4 Å². The molecule has 2 aliphatic rings. The number of carbonyl (C=O) groups excluding carboxylic acids is 1. The molecule has 1 aliphatic heterocycles. The number of carbonyl (C=O) groups is 1. The number of rotatable bonds is 1. The summed E-state index contributed by atoms with van der Waals surface area (Å²) in [6.07, 6.45) is -5.06. The van der Waals surface area contributed by atoms with Crippen molar-refractivity contribution in [3.8, 4) is 0 Å². The lowest BCUT2D eigenvalue weighted by molar-refractivity contribution is -0.206. The first-order valence-electron chi connectivity index (χ1n) is 7.02. The van der Waals surface area contributed by atoms with Crippen LogP contribution in [0.3, 0.4) is 0 Å². The van der Waals surface area contributed by atoms with Gasteiger partial charge in [-0.2, -0.15) is 13.2 Å². The maximum Gasteiger partial charge on any atom is 0.430 e. The molecule has 3 rings (SSSR count). The van der Waals surface area contributed by atoms with Crippen molar-refractivity contribution in [2.75, 3.05) is 5.32 Å². The van der Waals surface area contributed by atoms with E-state index in [2.05, 4.69) is 23.9 Å². The van der Waals surface area contributed by atoms with Crippen LogP contribution in [0.2, 0.25) is 5.02 Å². The van der Waals surface area contributed by atoms with Gasteiger partial charge in [-0.3, -0.25) is 5.32 Å². The molecule has 0 radical (unpaired) electrons. The van der Waals surface area contributed by atoms with Crippen molar-refractivity contribution < 1.29 is 22.7 Å². The zero-order valence-electron chi connectivity index (χ0n) is 12.2. The Kier molecular flexibility index (Phi) is 4.90. The zero-order valence-corrected chi connectivity index (χ0v) is 13.0.